The van der Waals surface area contributed by atoms with Crippen LogP contribution in [0.5, 0.6) is 5.88 Å². The van der Waals surface area contributed by atoms with Gasteiger partial charge in [0.2, 0.25) is 11.5 Å². The molecule has 0 aliphatic heterocycles. The van der Waals surface area contributed by atoms with Crippen LogP contribution < -0.4 is 9.80 Å². The predicted molar refractivity (Wildman–Crippen MR) is 88.6 cm³/mol. The molecule has 0 aromatic carbocycles. The third-order valence-electron chi connectivity index (χ3n) is 2.63. The standard InChI is InChI=1S/C15H23N5O5/c1-14(2,3)24-13(21)20(25-15(4,5)6)12-17-10-9(11(18-12)23-7)16-8-19(10)22/h8,22H,1-7H3. The summed E-state index contributed by atoms with van der Waals surface area (Å²) in [6.45, 7) is 10.5. The van der Waals surface area contributed by atoms with Gasteiger partial charge in [0, 0.05) is 0 Å². The molecule has 2 rings (SSSR count). The Morgan fingerprint density at radius 1 is 1.16 bits per heavy atom. The molecule has 0 spiro atoms. The molecule has 1 N–H and O–H groups in total. The van der Waals surface area contributed by atoms with E-state index in [1.807, 2.05) is 0 Å². The van der Waals surface area contributed by atoms with Crippen LogP contribution in [0.15, 0.2) is 6.33 Å². The molecule has 0 atom stereocenters. The average molecular weight is 353 g/mol. The van der Waals surface area contributed by atoms with Crippen molar-refractivity contribution in [2.75, 3.05) is 12.2 Å². The Morgan fingerprint density at radius 3 is 2.32 bits per heavy atom. The molecule has 0 bridgehead atoms. The van der Waals surface area contributed by atoms with E-state index in [1.165, 1.54) is 7.11 Å². The first-order valence-corrected chi connectivity index (χ1v) is 7.62. The second-order valence-electron chi connectivity index (χ2n) is 7.27. The van der Waals surface area contributed by atoms with Gasteiger partial charge in [-0.2, -0.15) is 14.7 Å². The lowest BCUT2D eigenvalue weighted by Crippen LogP contribution is -2.42. The Hall–Kier alpha value is -2.62. The van der Waals surface area contributed by atoms with Gasteiger partial charge in [-0.05, 0) is 41.5 Å². The van der Waals surface area contributed by atoms with Gasteiger partial charge in [-0.1, -0.05) is 0 Å². The molecule has 10 nitrogen and oxygen atoms in total. The molecule has 0 aliphatic rings. The van der Waals surface area contributed by atoms with Gasteiger partial charge in [-0.3, -0.25) is 4.84 Å². The monoisotopic (exact) mass is 353 g/mol. The van der Waals surface area contributed by atoms with Crippen molar-refractivity contribution in [3.05, 3.63) is 6.33 Å². The number of anilines is 1. The summed E-state index contributed by atoms with van der Waals surface area (Å²) >= 11 is 0. The zero-order valence-corrected chi connectivity index (χ0v) is 15.4. The Balaban J connectivity index is 2.54. The molecule has 0 radical (unpaired) electrons. The molecule has 2 aromatic heterocycles. The lowest BCUT2D eigenvalue weighted by atomic mass is 10.2. The normalized spacial score (nSPS) is 12.3. The summed E-state index contributed by atoms with van der Waals surface area (Å²) in [4.78, 5) is 30.5. The molecule has 0 unspecified atom stereocenters. The highest BCUT2D eigenvalue weighted by atomic mass is 16.7. The third kappa shape index (κ3) is 4.47. The molecule has 1 amide bonds. The lowest BCUT2D eigenvalue weighted by Gasteiger charge is -2.30. The van der Waals surface area contributed by atoms with E-state index in [2.05, 4.69) is 15.0 Å². The number of imidazole rings is 1. The van der Waals surface area contributed by atoms with Crippen LogP contribution >= 0.6 is 0 Å². The van der Waals surface area contributed by atoms with Crippen molar-refractivity contribution >= 4 is 23.2 Å². The van der Waals surface area contributed by atoms with Crippen molar-refractivity contribution in [3.63, 3.8) is 0 Å². The van der Waals surface area contributed by atoms with Crippen molar-refractivity contribution in [3.8, 4) is 5.88 Å². The van der Waals surface area contributed by atoms with E-state index in [4.69, 9.17) is 14.3 Å². The lowest BCUT2D eigenvalue weighted by molar-refractivity contribution is -0.0373. The zero-order valence-electron chi connectivity index (χ0n) is 15.4. The van der Waals surface area contributed by atoms with Crippen molar-refractivity contribution in [2.45, 2.75) is 52.7 Å². The second-order valence-corrected chi connectivity index (χ2v) is 7.27. The van der Waals surface area contributed by atoms with Gasteiger partial charge in [0.05, 0.1) is 12.7 Å². The van der Waals surface area contributed by atoms with E-state index >= 15 is 0 Å². The fourth-order valence-corrected chi connectivity index (χ4v) is 1.82. The number of rotatable bonds is 3. The van der Waals surface area contributed by atoms with Gasteiger partial charge in [-0.15, -0.1) is 5.06 Å². The number of aromatic nitrogens is 4. The maximum Gasteiger partial charge on any atom is 0.442 e. The van der Waals surface area contributed by atoms with Gasteiger partial charge in [0.1, 0.15) is 11.9 Å². The number of carbonyl (C=O) groups excluding carboxylic acids is 1. The summed E-state index contributed by atoms with van der Waals surface area (Å²) in [5.41, 5.74) is -1.17. The quantitative estimate of drug-likeness (QED) is 0.662. The van der Waals surface area contributed by atoms with Crippen molar-refractivity contribution < 1.29 is 24.3 Å². The number of ether oxygens (including phenoxy) is 2. The minimum absolute atomic E-state index is 0.0629. The van der Waals surface area contributed by atoms with Gasteiger partial charge in [0.15, 0.2) is 5.52 Å². The number of methoxy groups -OCH3 is 1. The fourth-order valence-electron chi connectivity index (χ4n) is 1.82. The first-order valence-electron chi connectivity index (χ1n) is 7.62. The van der Waals surface area contributed by atoms with Crippen LogP contribution in [-0.4, -0.2) is 49.3 Å². The molecule has 0 saturated carbocycles. The summed E-state index contributed by atoms with van der Waals surface area (Å²) < 4.78 is 11.2. The van der Waals surface area contributed by atoms with E-state index in [1.54, 1.807) is 41.5 Å². The zero-order chi connectivity index (χ0) is 19.0. The molecule has 0 saturated heterocycles. The summed E-state index contributed by atoms with van der Waals surface area (Å²) in [6, 6.07) is 0. The highest BCUT2D eigenvalue weighted by Gasteiger charge is 2.32. The highest BCUT2D eigenvalue weighted by molar-refractivity contribution is 5.86. The van der Waals surface area contributed by atoms with Crippen LogP contribution in [0.2, 0.25) is 0 Å². The molecule has 138 valence electrons. The SMILES string of the molecule is COc1nc(N(OC(C)(C)C)C(=O)OC(C)(C)C)nc2c1ncn2O. The first kappa shape index (κ1) is 18.7. The minimum Gasteiger partial charge on any atom is -0.479 e. The Morgan fingerprint density at radius 2 is 1.80 bits per heavy atom. The molecule has 0 fully saturated rings. The Labute approximate surface area is 145 Å². The summed E-state index contributed by atoms with van der Waals surface area (Å²) in [7, 11) is 1.39. The highest BCUT2D eigenvalue weighted by Crippen LogP contribution is 2.26. The van der Waals surface area contributed by atoms with Crippen LogP contribution in [0.1, 0.15) is 41.5 Å². The number of hydrogen-bond acceptors (Lipinski definition) is 8. The van der Waals surface area contributed by atoms with Crippen LogP contribution in [0, 0.1) is 0 Å². The molecule has 0 aliphatic carbocycles. The number of hydrogen-bond donors (Lipinski definition) is 1. The van der Waals surface area contributed by atoms with E-state index < -0.39 is 17.3 Å². The van der Waals surface area contributed by atoms with Gasteiger partial charge >= 0.3 is 6.09 Å². The smallest absolute Gasteiger partial charge is 0.442 e. The summed E-state index contributed by atoms with van der Waals surface area (Å²) in [5.74, 6) is -0.0665. The molecular weight excluding hydrogens is 330 g/mol. The van der Waals surface area contributed by atoms with Gasteiger partial charge in [0.25, 0.3) is 5.95 Å². The molecule has 2 heterocycles. The molecule has 2 aromatic rings. The van der Waals surface area contributed by atoms with Crippen LogP contribution in [-0.2, 0) is 9.57 Å². The number of amides is 1. The van der Waals surface area contributed by atoms with Crippen molar-refractivity contribution in [1.82, 2.24) is 19.7 Å². The third-order valence-corrected chi connectivity index (χ3v) is 2.63. The second kappa shape index (κ2) is 6.36. The topological polar surface area (TPSA) is 112 Å². The largest absolute Gasteiger partial charge is 0.479 e. The van der Waals surface area contributed by atoms with E-state index in [-0.39, 0.29) is 23.0 Å². The van der Waals surface area contributed by atoms with E-state index in [9.17, 15) is 10.0 Å². The van der Waals surface area contributed by atoms with Crippen molar-refractivity contribution in [1.29, 1.82) is 0 Å². The molecular formula is C15H23N5O5. The van der Waals surface area contributed by atoms with Crippen LogP contribution in [0.3, 0.4) is 0 Å². The van der Waals surface area contributed by atoms with E-state index in [0.29, 0.717) is 4.73 Å². The maximum absolute atomic E-state index is 12.6. The Bertz CT molecular complexity index is 775. The van der Waals surface area contributed by atoms with Crippen LogP contribution in [0.25, 0.3) is 11.2 Å². The van der Waals surface area contributed by atoms with Gasteiger partial charge in [-0.25, -0.2) is 9.78 Å². The first-order chi connectivity index (χ1) is 11.4. The number of fused-ring (bicyclic) bond motifs is 1. The van der Waals surface area contributed by atoms with Crippen molar-refractivity contribution in [2.24, 2.45) is 0 Å². The van der Waals surface area contributed by atoms with E-state index in [0.717, 1.165) is 11.4 Å². The Kier molecular flexibility index (Phi) is 4.76. The van der Waals surface area contributed by atoms with Gasteiger partial charge < -0.3 is 14.7 Å². The average Bonchev–Trinajstić information content (AvgIpc) is 2.82. The number of carbonyl (C=O) groups is 1. The summed E-state index contributed by atoms with van der Waals surface area (Å²) in [6.07, 6.45) is 0.349. The molecule has 10 heteroatoms. The minimum atomic E-state index is -0.798. The van der Waals surface area contributed by atoms with Crippen LogP contribution in [0.4, 0.5) is 10.7 Å². The maximum atomic E-state index is 12.6. The summed E-state index contributed by atoms with van der Waals surface area (Å²) in [5, 5.41) is 10.7. The number of hydroxylamine groups is 1. The fraction of sp³-hybridized carbons (Fsp3) is 0.600. The number of nitrogens with zero attached hydrogens (tertiary/aromatic N) is 5. The predicted octanol–water partition coefficient (Wildman–Crippen LogP) is 2.54. The molecule has 25 heavy (non-hydrogen) atoms.